The first kappa shape index (κ1) is 15.9. The number of hydrogen-bond donors (Lipinski definition) is 1. The number of benzene rings is 1. The Morgan fingerprint density at radius 3 is 2.60 bits per heavy atom. The van der Waals surface area contributed by atoms with Crippen molar-refractivity contribution >= 4 is 33.5 Å². The van der Waals surface area contributed by atoms with Crippen LogP contribution < -0.4 is 5.32 Å². The maximum absolute atomic E-state index is 12.0. The highest BCUT2D eigenvalue weighted by Gasteiger charge is 2.15. The lowest BCUT2D eigenvalue weighted by molar-refractivity contribution is -0.112. The highest BCUT2D eigenvalue weighted by molar-refractivity contribution is 9.10. The Kier molecular flexibility index (Phi) is 5.93. The molecule has 0 fully saturated rings. The van der Waals surface area contributed by atoms with Gasteiger partial charge in [0.2, 0.25) is 0 Å². The SMILES string of the molecule is C=C/C=C(\C=C)C(=O)Nc1ccc(Br)cc1C(=O)OC. The monoisotopic (exact) mass is 335 g/mol. The van der Waals surface area contributed by atoms with Gasteiger partial charge in [-0.15, -0.1) is 0 Å². The van der Waals surface area contributed by atoms with Crippen molar-refractivity contribution in [3.8, 4) is 0 Å². The summed E-state index contributed by atoms with van der Waals surface area (Å²) in [7, 11) is 1.28. The molecular formula is C15H14BrNO3. The van der Waals surface area contributed by atoms with Crippen molar-refractivity contribution in [1.29, 1.82) is 0 Å². The van der Waals surface area contributed by atoms with Gasteiger partial charge in [-0.05, 0) is 18.2 Å². The van der Waals surface area contributed by atoms with E-state index in [9.17, 15) is 9.59 Å². The van der Waals surface area contributed by atoms with Crippen molar-refractivity contribution in [3.63, 3.8) is 0 Å². The fraction of sp³-hybridized carbons (Fsp3) is 0.0667. The summed E-state index contributed by atoms with van der Waals surface area (Å²) in [6, 6.07) is 4.90. The molecule has 0 bridgehead atoms. The van der Waals surface area contributed by atoms with Crippen LogP contribution in [0.1, 0.15) is 10.4 Å². The zero-order chi connectivity index (χ0) is 15.1. The van der Waals surface area contributed by atoms with E-state index in [4.69, 9.17) is 0 Å². The van der Waals surface area contributed by atoms with E-state index in [0.717, 1.165) is 0 Å². The largest absolute Gasteiger partial charge is 0.465 e. The molecule has 0 aliphatic heterocycles. The Labute approximate surface area is 126 Å². The topological polar surface area (TPSA) is 55.4 Å². The van der Waals surface area contributed by atoms with Crippen molar-refractivity contribution in [2.45, 2.75) is 0 Å². The normalized spacial score (nSPS) is 10.6. The molecule has 0 atom stereocenters. The van der Waals surface area contributed by atoms with Crippen LogP contribution in [0.3, 0.4) is 0 Å². The third-order valence-corrected chi connectivity index (χ3v) is 2.91. The van der Waals surface area contributed by atoms with Gasteiger partial charge < -0.3 is 10.1 Å². The van der Waals surface area contributed by atoms with Gasteiger partial charge in [0.1, 0.15) is 0 Å². The summed E-state index contributed by atoms with van der Waals surface area (Å²) in [6.07, 6.45) is 4.42. The number of carbonyl (C=O) groups is 2. The van der Waals surface area contributed by atoms with Crippen LogP contribution in [-0.2, 0) is 9.53 Å². The molecule has 0 aromatic heterocycles. The first-order valence-electron chi connectivity index (χ1n) is 5.67. The first-order chi connectivity index (χ1) is 9.53. The van der Waals surface area contributed by atoms with E-state index >= 15 is 0 Å². The zero-order valence-corrected chi connectivity index (χ0v) is 12.6. The highest BCUT2D eigenvalue weighted by atomic mass is 79.9. The van der Waals surface area contributed by atoms with Crippen LogP contribution in [0.2, 0.25) is 0 Å². The predicted octanol–water partition coefficient (Wildman–Crippen LogP) is 3.47. The molecule has 1 amide bonds. The van der Waals surface area contributed by atoms with Gasteiger partial charge in [-0.3, -0.25) is 4.79 Å². The Morgan fingerprint density at radius 2 is 2.05 bits per heavy atom. The molecule has 0 spiro atoms. The number of allylic oxidation sites excluding steroid dienone is 2. The number of anilines is 1. The van der Waals surface area contributed by atoms with Crippen molar-refractivity contribution in [3.05, 3.63) is 65.2 Å². The van der Waals surface area contributed by atoms with E-state index < -0.39 is 5.97 Å². The average Bonchev–Trinajstić information content (AvgIpc) is 2.45. The van der Waals surface area contributed by atoms with Crippen LogP contribution in [0.5, 0.6) is 0 Å². The van der Waals surface area contributed by atoms with Gasteiger partial charge in [0.25, 0.3) is 5.91 Å². The number of esters is 1. The molecule has 0 aliphatic carbocycles. The molecule has 0 radical (unpaired) electrons. The minimum Gasteiger partial charge on any atom is -0.465 e. The summed E-state index contributed by atoms with van der Waals surface area (Å²) >= 11 is 3.27. The molecular weight excluding hydrogens is 322 g/mol. The molecule has 1 N–H and O–H groups in total. The molecule has 5 heteroatoms. The standard InChI is InChI=1S/C15H14BrNO3/c1-4-6-10(5-2)14(18)17-13-8-7-11(16)9-12(13)15(19)20-3/h4-9H,1-2H2,3H3,(H,17,18)/b10-6+. The lowest BCUT2D eigenvalue weighted by Gasteiger charge is -2.10. The Morgan fingerprint density at radius 1 is 1.35 bits per heavy atom. The fourth-order valence-corrected chi connectivity index (χ4v) is 1.82. The quantitative estimate of drug-likeness (QED) is 0.509. The van der Waals surface area contributed by atoms with Gasteiger partial charge in [0.05, 0.1) is 18.4 Å². The number of hydrogen-bond acceptors (Lipinski definition) is 3. The van der Waals surface area contributed by atoms with Gasteiger partial charge in [-0.2, -0.15) is 0 Å². The highest BCUT2D eigenvalue weighted by Crippen LogP contribution is 2.22. The van der Waals surface area contributed by atoms with Crippen LogP contribution >= 0.6 is 15.9 Å². The molecule has 1 aromatic carbocycles. The molecule has 104 valence electrons. The number of rotatable bonds is 5. The number of halogens is 1. The second kappa shape index (κ2) is 7.45. The second-order valence-corrected chi connectivity index (χ2v) is 4.61. The van der Waals surface area contributed by atoms with Crippen LogP contribution in [0.15, 0.2) is 59.6 Å². The zero-order valence-electron chi connectivity index (χ0n) is 11.0. The molecule has 0 unspecified atom stereocenters. The molecule has 0 saturated carbocycles. The number of amides is 1. The van der Waals surface area contributed by atoms with Crippen molar-refractivity contribution in [1.82, 2.24) is 0 Å². The summed E-state index contributed by atoms with van der Waals surface area (Å²) in [6.45, 7) is 7.08. The number of carbonyl (C=O) groups excluding carboxylic acids is 2. The Balaban J connectivity index is 3.12. The first-order valence-corrected chi connectivity index (χ1v) is 6.47. The fourth-order valence-electron chi connectivity index (χ4n) is 1.46. The van der Waals surface area contributed by atoms with Crippen LogP contribution in [-0.4, -0.2) is 19.0 Å². The van der Waals surface area contributed by atoms with E-state index in [0.29, 0.717) is 15.7 Å². The Bertz CT molecular complexity index is 591. The smallest absolute Gasteiger partial charge is 0.340 e. The minimum atomic E-state index is -0.533. The third-order valence-electron chi connectivity index (χ3n) is 2.41. The number of methoxy groups -OCH3 is 1. The van der Waals surface area contributed by atoms with E-state index in [-0.39, 0.29) is 11.5 Å². The molecule has 1 aromatic rings. The third kappa shape index (κ3) is 3.93. The predicted molar refractivity (Wildman–Crippen MR) is 82.6 cm³/mol. The lowest BCUT2D eigenvalue weighted by atomic mass is 10.1. The molecule has 1 rings (SSSR count). The summed E-state index contributed by atoms with van der Waals surface area (Å²) in [5.74, 6) is -0.915. The molecule has 0 saturated heterocycles. The number of nitrogens with one attached hydrogen (secondary N) is 1. The van der Waals surface area contributed by atoms with Crippen LogP contribution in [0, 0.1) is 0 Å². The number of ether oxygens (including phenoxy) is 1. The van der Waals surface area contributed by atoms with Crippen LogP contribution in [0.4, 0.5) is 5.69 Å². The summed E-state index contributed by atoms with van der Waals surface area (Å²) in [4.78, 5) is 23.7. The minimum absolute atomic E-state index is 0.261. The van der Waals surface area contributed by atoms with Crippen LogP contribution in [0.25, 0.3) is 0 Å². The molecule has 0 heterocycles. The van der Waals surface area contributed by atoms with Gasteiger partial charge in [0, 0.05) is 10.0 Å². The molecule has 4 nitrogen and oxygen atoms in total. The van der Waals surface area contributed by atoms with E-state index in [1.54, 1.807) is 18.2 Å². The van der Waals surface area contributed by atoms with Gasteiger partial charge >= 0.3 is 5.97 Å². The van der Waals surface area contributed by atoms with Gasteiger partial charge in [0.15, 0.2) is 0 Å². The maximum Gasteiger partial charge on any atom is 0.340 e. The molecule has 0 aliphatic rings. The van der Waals surface area contributed by atoms with Gasteiger partial charge in [-0.25, -0.2) is 4.79 Å². The van der Waals surface area contributed by atoms with E-state index in [1.807, 2.05) is 0 Å². The molecule has 20 heavy (non-hydrogen) atoms. The van der Waals surface area contributed by atoms with Crippen molar-refractivity contribution < 1.29 is 14.3 Å². The van der Waals surface area contributed by atoms with Gasteiger partial charge in [-0.1, -0.05) is 47.3 Å². The van der Waals surface area contributed by atoms with E-state index in [1.165, 1.54) is 25.3 Å². The van der Waals surface area contributed by atoms with Crippen molar-refractivity contribution in [2.24, 2.45) is 0 Å². The maximum atomic E-state index is 12.0. The lowest BCUT2D eigenvalue weighted by Crippen LogP contribution is -2.16. The summed E-state index contributed by atoms with van der Waals surface area (Å²) < 4.78 is 5.40. The summed E-state index contributed by atoms with van der Waals surface area (Å²) in [5, 5.41) is 2.64. The average molecular weight is 336 g/mol. The van der Waals surface area contributed by atoms with Crippen molar-refractivity contribution in [2.75, 3.05) is 12.4 Å². The Hall–Kier alpha value is -2.14. The second-order valence-electron chi connectivity index (χ2n) is 3.70. The van der Waals surface area contributed by atoms with E-state index in [2.05, 4.69) is 39.1 Å². The summed E-state index contributed by atoms with van der Waals surface area (Å²) in [5.41, 5.74) is 0.970.